The lowest BCUT2D eigenvalue weighted by Crippen LogP contribution is -2.28. The van der Waals surface area contributed by atoms with Crippen molar-refractivity contribution in [2.75, 3.05) is 12.5 Å². The fourth-order valence-electron chi connectivity index (χ4n) is 2.62. The first-order valence-corrected chi connectivity index (χ1v) is 11.5. The Kier molecular flexibility index (Phi) is 5.14. The Labute approximate surface area is 155 Å². The normalized spacial score (nSPS) is 15.7. The van der Waals surface area contributed by atoms with Gasteiger partial charge in [-0.1, -0.05) is 0 Å². The van der Waals surface area contributed by atoms with E-state index in [1.165, 1.54) is 4.68 Å². The molecule has 1 aliphatic rings. The fraction of sp³-hybridized carbons (Fsp3) is 0.412. The van der Waals surface area contributed by atoms with E-state index in [1.807, 2.05) is 0 Å². The van der Waals surface area contributed by atoms with Crippen LogP contribution in [0.3, 0.4) is 0 Å². The second-order valence-electron chi connectivity index (χ2n) is 6.50. The largest absolute Gasteiger partial charge is 0.612 e. The average molecular weight is 396 g/mol. The third kappa shape index (κ3) is 4.28. The van der Waals surface area contributed by atoms with Gasteiger partial charge in [0.15, 0.2) is 4.90 Å². The molecule has 0 bridgehead atoms. The fourth-order valence-corrected chi connectivity index (χ4v) is 3.64. The minimum Gasteiger partial charge on any atom is -0.612 e. The molecule has 0 aliphatic heterocycles. The van der Waals surface area contributed by atoms with E-state index in [2.05, 4.69) is 5.10 Å². The van der Waals surface area contributed by atoms with E-state index >= 15 is 0 Å². The summed E-state index contributed by atoms with van der Waals surface area (Å²) >= 11 is -1.10. The van der Waals surface area contributed by atoms with Gasteiger partial charge in [-0.2, -0.15) is 13.5 Å². The van der Waals surface area contributed by atoms with Gasteiger partial charge >= 0.3 is 15.7 Å². The van der Waals surface area contributed by atoms with Crippen molar-refractivity contribution in [3.05, 3.63) is 40.2 Å². The summed E-state index contributed by atoms with van der Waals surface area (Å²) in [5, 5.41) is 4.44. The Morgan fingerprint density at radius 2 is 1.92 bits per heavy atom. The van der Waals surface area contributed by atoms with Crippen LogP contribution in [0.5, 0.6) is 5.75 Å². The van der Waals surface area contributed by atoms with Crippen LogP contribution in [0.2, 0.25) is 0 Å². The smallest absolute Gasteiger partial charge is 0.311 e. The lowest BCUT2D eigenvalue weighted by Gasteiger charge is -2.14. The molecule has 0 saturated heterocycles. The highest BCUT2D eigenvalue weighted by Crippen LogP contribution is 2.31. The summed E-state index contributed by atoms with van der Waals surface area (Å²) in [7, 11) is -3.85. The van der Waals surface area contributed by atoms with Crippen molar-refractivity contribution in [1.82, 2.24) is 9.78 Å². The molecule has 0 spiro atoms. The summed E-state index contributed by atoms with van der Waals surface area (Å²) in [5.41, 5.74) is 0.977. The minimum atomic E-state index is -3.85. The molecule has 7 nitrogen and oxygen atoms in total. The van der Waals surface area contributed by atoms with Crippen molar-refractivity contribution in [3.63, 3.8) is 0 Å². The molecule has 1 aliphatic carbocycles. The molecule has 1 fully saturated rings. The Morgan fingerprint density at radius 1 is 1.31 bits per heavy atom. The van der Waals surface area contributed by atoms with E-state index in [0.717, 1.165) is 19.1 Å². The Morgan fingerprint density at radius 3 is 2.42 bits per heavy atom. The molecule has 0 N–H and O–H groups in total. The van der Waals surface area contributed by atoms with Crippen LogP contribution in [0.4, 0.5) is 0 Å². The molecular weight excluding hydrogens is 376 g/mol. The molecule has 1 aromatic carbocycles. The third-order valence-corrected chi connectivity index (χ3v) is 5.57. The molecule has 9 heteroatoms. The standard InChI is InChI=1S/C17H20N2O5S2/c1-11-15(13-6-8-14(9-7-13)25(2)21)18-19(10-12-4-5-12)17(20)16(11)24-26(3,22)23/h6-9,12H,4-5,10H2,1-3H3. The zero-order valence-corrected chi connectivity index (χ0v) is 16.4. The number of benzene rings is 1. The maximum atomic E-state index is 12.6. The Balaban J connectivity index is 2.13. The van der Waals surface area contributed by atoms with Crippen LogP contribution in [-0.4, -0.2) is 35.3 Å². The van der Waals surface area contributed by atoms with Crippen LogP contribution in [0.25, 0.3) is 11.3 Å². The highest BCUT2D eigenvalue weighted by Gasteiger charge is 2.26. The number of rotatable bonds is 6. The van der Waals surface area contributed by atoms with Crippen LogP contribution in [-0.2, 0) is 27.8 Å². The predicted octanol–water partition coefficient (Wildman–Crippen LogP) is 1.70. The summed E-state index contributed by atoms with van der Waals surface area (Å²) < 4.78 is 41.0. The van der Waals surface area contributed by atoms with Gasteiger partial charge in [0.1, 0.15) is 6.26 Å². The summed E-state index contributed by atoms with van der Waals surface area (Å²) in [6.45, 7) is 2.04. The molecular formula is C17H20N2O5S2. The van der Waals surface area contributed by atoms with Crippen molar-refractivity contribution in [2.45, 2.75) is 31.2 Å². The molecule has 26 heavy (non-hydrogen) atoms. The van der Waals surface area contributed by atoms with E-state index in [4.69, 9.17) is 4.18 Å². The van der Waals surface area contributed by atoms with Gasteiger partial charge < -0.3 is 8.74 Å². The minimum absolute atomic E-state index is 0.221. The van der Waals surface area contributed by atoms with Gasteiger partial charge in [-0.25, -0.2) is 4.68 Å². The summed E-state index contributed by atoms with van der Waals surface area (Å²) in [6.07, 6.45) is 4.54. The number of hydrogen-bond acceptors (Lipinski definition) is 6. The topological polar surface area (TPSA) is 101 Å². The summed E-state index contributed by atoms with van der Waals surface area (Å²) in [6, 6.07) is 6.95. The zero-order valence-electron chi connectivity index (χ0n) is 14.8. The van der Waals surface area contributed by atoms with Gasteiger partial charge in [-0.3, -0.25) is 4.79 Å². The van der Waals surface area contributed by atoms with Gasteiger partial charge in [-0.05, 0) is 61.1 Å². The molecule has 1 saturated carbocycles. The lowest BCUT2D eigenvalue weighted by molar-refractivity contribution is 0.466. The third-order valence-electron chi connectivity index (χ3n) is 4.17. The second kappa shape index (κ2) is 7.05. The highest BCUT2D eigenvalue weighted by atomic mass is 32.2. The van der Waals surface area contributed by atoms with Crippen LogP contribution < -0.4 is 9.74 Å². The maximum absolute atomic E-state index is 12.6. The highest BCUT2D eigenvalue weighted by molar-refractivity contribution is 7.90. The maximum Gasteiger partial charge on any atom is 0.311 e. The quantitative estimate of drug-likeness (QED) is 0.544. The molecule has 0 radical (unpaired) electrons. The molecule has 2 aromatic rings. The SMILES string of the molecule is Cc1c(-c2ccc([S+](C)[O-])cc2)nn(CC2CC2)c(=O)c1OS(C)(=O)=O. The number of hydrogen-bond donors (Lipinski definition) is 0. The van der Waals surface area contributed by atoms with E-state index in [1.54, 1.807) is 37.4 Å². The number of nitrogens with zero attached hydrogens (tertiary/aromatic N) is 2. The molecule has 3 rings (SSSR count). The van der Waals surface area contributed by atoms with E-state index in [0.29, 0.717) is 34.2 Å². The Hall–Kier alpha value is -1.84. The molecule has 1 aromatic heterocycles. The van der Waals surface area contributed by atoms with Gasteiger partial charge in [0.05, 0.1) is 11.9 Å². The van der Waals surface area contributed by atoms with Crippen molar-refractivity contribution in [3.8, 4) is 17.0 Å². The first kappa shape index (κ1) is 18.9. The van der Waals surface area contributed by atoms with E-state index < -0.39 is 26.9 Å². The molecule has 140 valence electrons. The van der Waals surface area contributed by atoms with Gasteiger partial charge in [0, 0.05) is 17.7 Å². The van der Waals surface area contributed by atoms with Gasteiger partial charge in [-0.15, -0.1) is 0 Å². The van der Waals surface area contributed by atoms with Crippen molar-refractivity contribution in [1.29, 1.82) is 0 Å². The van der Waals surface area contributed by atoms with E-state index in [-0.39, 0.29) is 5.75 Å². The van der Waals surface area contributed by atoms with Crippen LogP contribution >= 0.6 is 0 Å². The van der Waals surface area contributed by atoms with Crippen LogP contribution in [0, 0.1) is 12.8 Å². The molecule has 1 atom stereocenters. The van der Waals surface area contributed by atoms with Crippen molar-refractivity contribution >= 4 is 21.3 Å². The predicted molar refractivity (Wildman–Crippen MR) is 99.2 cm³/mol. The summed E-state index contributed by atoms with van der Waals surface area (Å²) in [5.74, 6) is 0.160. The second-order valence-corrected chi connectivity index (χ2v) is 9.45. The first-order chi connectivity index (χ1) is 12.2. The van der Waals surface area contributed by atoms with Crippen molar-refractivity contribution in [2.24, 2.45) is 5.92 Å². The zero-order chi connectivity index (χ0) is 19.1. The number of aromatic nitrogens is 2. The average Bonchev–Trinajstić information content (AvgIpc) is 3.37. The molecule has 1 unspecified atom stereocenters. The first-order valence-electron chi connectivity index (χ1n) is 8.11. The van der Waals surface area contributed by atoms with Crippen molar-refractivity contribution < 1.29 is 17.2 Å². The van der Waals surface area contributed by atoms with Crippen LogP contribution in [0.15, 0.2) is 34.0 Å². The lowest BCUT2D eigenvalue weighted by atomic mass is 10.1. The summed E-state index contributed by atoms with van der Waals surface area (Å²) in [4.78, 5) is 13.3. The molecule has 0 amide bonds. The van der Waals surface area contributed by atoms with E-state index in [9.17, 15) is 17.8 Å². The van der Waals surface area contributed by atoms with Gasteiger partial charge in [0.25, 0.3) is 0 Å². The molecule has 1 heterocycles. The monoisotopic (exact) mass is 396 g/mol. The van der Waals surface area contributed by atoms with Gasteiger partial charge in [0.2, 0.25) is 5.75 Å². The van der Waals surface area contributed by atoms with Crippen LogP contribution in [0.1, 0.15) is 18.4 Å². The Bertz CT molecular complexity index is 977.